The summed E-state index contributed by atoms with van der Waals surface area (Å²) in [6.45, 7) is 8.86. The maximum Gasteiger partial charge on any atom is 0.225 e. The standard InChI is InChI=1S/C18H33N5O/c1-5-10-19-17-15(7-3)12-16(21-18(22-17)20-11-6-2)23(4)24-13-14-8-9-14/h14-15H,5-13H2,1-4H3,(H,19,20,22). The van der Waals surface area contributed by atoms with Gasteiger partial charge >= 0.3 is 0 Å². The van der Waals surface area contributed by atoms with Crippen LogP contribution in [0.5, 0.6) is 0 Å². The molecule has 0 amide bonds. The quantitative estimate of drug-likeness (QED) is 0.693. The molecule has 1 N–H and O–H groups in total. The number of nitrogens with one attached hydrogen (secondary N) is 1. The molecule has 0 saturated heterocycles. The van der Waals surface area contributed by atoms with Gasteiger partial charge in [-0.1, -0.05) is 20.8 Å². The normalized spacial score (nSPS) is 24.7. The van der Waals surface area contributed by atoms with Gasteiger partial charge in [-0.25, -0.2) is 5.06 Å². The zero-order chi connectivity index (χ0) is 17.4. The highest BCUT2D eigenvalue weighted by atomic mass is 16.7. The second-order valence-electron chi connectivity index (χ2n) is 6.67. The topological polar surface area (TPSA) is 61.6 Å². The number of aliphatic imine (C=N–C) groups is 3. The second kappa shape index (κ2) is 9.77. The van der Waals surface area contributed by atoms with Gasteiger partial charge in [0, 0.05) is 32.5 Å². The Labute approximate surface area is 146 Å². The van der Waals surface area contributed by atoms with Crippen LogP contribution < -0.4 is 5.32 Å². The molecule has 0 aromatic heterocycles. The second-order valence-corrected chi connectivity index (χ2v) is 6.67. The summed E-state index contributed by atoms with van der Waals surface area (Å²) in [5.41, 5.74) is 0. The SMILES string of the molecule is CCCN=C1N=C(N(C)OCC2CC2)CC(CC)C(=NCCC)N1. The molecule has 24 heavy (non-hydrogen) atoms. The van der Waals surface area contributed by atoms with Gasteiger partial charge in [0.15, 0.2) is 0 Å². The molecule has 0 radical (unpaired) electrons. The van der Waals surface area contributed by atoms with Crippen LogP contribution >= 0.6 is 0 Å². The smallest absolute Gasteiger partial charge is 0.225 e. The minimum Gasteiger partial charge on any atom is -0.313 e. The molecule has 0 aromatic rings. The Balaban J connectivity index is 2.15. The Morgan fingerprint density at radius 3 is 2.50 bits per heavy atom. The maximum absolute atomic E-state index is 5.90. The first-order valence-electron chi connectivity index (χ1n) is 9.47. The molecule has 1 atom stereocenters. The Morgan fingerprint density at radius 2 is 1.88 bits per heavy atom. The lowest BCUT2D eigenvalue weighted by Crippen LogP contribution is -2.34. The average molecular weight is 335 g/mol. The lowest BCUT2D eigenvalue weighted by atomic mass is 10.0. The molecule has 0 spiro atoms. The molecule has 1 saturated carbocycles. The van der Waals surface area contributed by atoms with Crippen LogP contribution in [0.25, 0.3) is 0 Å². The minimum absolute atomic E-state index is 0.330. The highest BCUT2D eigenvalue weighted by Gasteiger charge is 2.27. The number of hydrogen-bond acceptors (Lipinski definition) is 4. The molecule has 1 fully saturated rings. The van der Waals surface area contributed by atoms with E-state index in [1.54, 1.807) is 0 Å². The lowest BCUT2D eigenvalue weighted by molar-refractivity contribution is -0.0862. The van der Waals surface area contributed by atoms with Gasteiger partial charge in [-0.2, -0.15) is 4.99 Å². The van der Waals surface area contributed by atoms with E-state index in [1.165, 1.54) is 12.8 Å². The summed E-state index contributed by atoms with van der Waals surface area (Å²) in [6, 6.07) is 0. The Hall–Kier alpha value is -1.43. The van der Waals surface area contributed by atoms with E-state index in [1.807, 2.05) is 12.1 Å². The van der Waals surface area contributed by atoms with Gasteiger partial charge in [-0.15, -0.1) is 0 Å². The van der Waals surface area contributed by atoms with E-state index in [0.717, 1.165) is 63.0 Å². The van der Waals surface area contributed by atoms with Crippen LogP contribution in [0.1, 0.15) is 59.3 Å². The van der Waals surface area contributed by atoms with Gasteiger partial charge in [0.05, 0.1) is 6.61 Å². The molecule has 2 rings (SSSR count). The summed E-state index contributed by atoms with van der Waals surface area (Å²) in [5, 5.41) is 5.22. The van der Waals surface area contributed by atoms with Crippen molar-refractivity contribution in [3.63, 3.8) is 0 Å². The third-order valence-electron chi connectivity index (χ3n) is 4.34. The van der Waals surface area contributed by atoms with Gasteiger partial charge in [0.1, 0.15) is 11.7 Å². The van der Waals surface area contributed by atoms with Crippen molar-refractivity contribution >= 4 is 17.6 Å². The molecule has 1 aliphatic heterocycles. The molecule has 6 heteroatoms. The zero-order valence-electron chi connectivity index (χ0n) is 15.7. The van der Waals surface area contributed by atoms with Crippen LogP contribution in [0, 0.1) is 11.8 Å². The summed E-state index contributed by atoms with van der Waals surface area (Å²) >= 11 is 0. The average Bonchev–Trinajstić information content (AvgIpc) is 3.42. The van der Waals surface area contributed by atoms with Gasteiger partial charge in [0.25, 0.3) is 0 Å². The molecule has 1 heterocycles. The molecule has 1 aliphatic carbocycles. The van der Waals surface area contributed by atoms with E-state index in [0.29, 0.717) is 11.9 Å². The van der Waals surface area contributed by atoms with Crippen molar-refractivity contribution in [1.82, 2.24) is 10.4 Å². The van der Waals surface area contributed by atoms with Gasteiger partial charge in [-0.05, 0) is 38.0 Å². The van der Waals surface area contributed by atoms with E-state index in [2.05, 4.69) is 31.1 Å². The van der Waals surface area contributed by atoms with Gasteiger partial charge in [0.2, 0.25) is 5.96 Å². The molecule has 1 unspecified atom stereocenters. The van der Waals surface area contributed by atoms with E-state index in [4.69, 9.17) is 14.8 Å². The summed E-state index contributed by atoms with van der Waals surface area (Å²) in [4.78, 5) is 20.0. The largest absolute Gasteiger partial charge is 0.313 e. The number of hydroxylamine groups is 2. The molecule has 6 nitrogen and oxygen atoms in total. The molecule has 2 aliphatic rings. The van der Waals surface area contributed by atoms with Crippen molar-refractivity contribution in [2.45, 2.75) is 59.3 Å². The van der Waals surface area contributed by atoms with Crippen LogP contribution in [0.3, 0.4) is 0 Å². The fourth-order valence-corrected chi connectivity index (χ4v) is 2.54. The van der Waals surface area contributed by atoms with Crippen molar-refractivity contribution in [3.05, 3.63) is 0 Å². The first-order chi connectivity index (χ1) is 11.7. The number of guanidine groups is 1. The minimum atomic E-state index is 0.330. The van der Waals surface area contributed by atoms with Gasteiger partial charge < -0.3 is 5.32 Å². The predicted octanol–water partition coefficient (Wildman–Crippen LogP) is 3.25. The van der Waals surface area contributed by atoms with Crippen molar-refractivity contribution in [3.8, 4) is 0 Å². The summed E-state index contributed by atoms with van der Waals surface area (Å²) in [5.74, 6) is 3.68. The monoisotopic (exact) mass is 335 g/mol. The summed E-state index contributed by atoms with van der Waals surface area (Å²) in [7, 11) is 1.96. The fourth-order valence-electron chi connectivity index (χ4n) is 2.54. The van der Waals surface area contributed by atoms with E-state index in [9.17, 15) is 0 Å². The molecule has 136 valence electrons. The third kappa shape index (κ3) is 5.89. The third-order valence-corrected chi connectivity index (χ3v) is 4.34. The Morgan fingerprint density at radius 1 is 1.17 bits per heavy atom. The van der Waals surface area contributed by atoms with Crippen LogP contribution in [0.2, 0.25) is 0 Å². The van der Waals surface area contributed by atoms with Crippen molar-refractivity contribution in [2.24, 2.45) is 26.8 Å². The molecule has 0 bridgehead atoms. The zero-order valence-corrected chi connectivity index (χ0v) is 15.7. The summed E-state index contributed by atoms with van der Waals surface area (Å²) < 4.78 is 0. The van der Waals surface area contributed by atoms with Crippen LogP contribution in [0.15, 0.2) is 15.0 Å². The van der Waals surface area contributed by atoms with Crippen LogP contribution in [-0.4, -0.2) is 49.4 Å². The molecular formula is C18H33N5O. The van der Waals surface area contributed by atoms with E-state index < -0.39 is 0 Å². The fraction of sp³-hybridized carbons (Fsp3) is 0.833. The lowest BCUT2D eigenvalue weighted by Gasteiger charge is -2.22. The number of hydrogen-bond donors (Lipinski definition) is 1. The molecular weight excluding hydrogens is 302 g/mol. The van der Waals surface area contributed by atoms with E-state index in [-0.39, 0.29) is 0 Å². The van der Waals surface area contributed by atoms with Crippen LogP contribution in [-0.2, 0) is 4.84 Å². The van der Waals surface area contributed by atoms with Crippen molar-refractivity contribution in [2.75, 3.05) is 26.7 Å². The highest BCUT2D eigenvalue weighted by Crippen LogP contribution is 2.29. The number of nitrogens with zero attached hydrogens (tertiary/aromatic N) is 4. The van der Waals surface area contributed by atoms with Crippen LogP contribution in [0.4, 0.5) is 0 Å². The Bertz CT molecular complexity index is 482. The molecule has 0 aromatic carbocycles. The van der Waals surface area contributed by atoms with Gasteiger partial charge in [-0.3, -0.25) is 14.8 Å². The first-order valence-corrected chi connectivity index (χ1v) is 9.47. The first kappa shape index (κ1) is 18.9. The van der Waals surface area contributed by atoms with E-state index >= 15 is 0 Å². The highest BCUT2D eigenvalue weighted by molar-refractivity contribution is 6.09. The van der Waals surface area contributed by atoms with Crippen molar-refractivity contribution < 1.29 is 4.84 Å². The Kier molecular flexibility index (Phi) is 7.69. The number of amidine groups is 2. The van der Waals surface area contributed by atoms with Crippen molar-refractivity contribution in [1.29, 1.82) is 0 Å². The number of rotatable bonds is 8. The summed E-state index contributed by atoms with van der Waals surface area (Å²) in [6.07, 6.45) is 6.47. The predicted molar refractivity (Wildman–Crippen MR) is 101 cm³/mol. The maximum atomic E-state index is 5.90.